The Balaban J connectivity index is 3.27. The smallest absolute Gasteiger partial charge is 0.297 e. The van der Waals surface area contributed by atoms with E-state index in [1.165, 1.54) is 12.1 Å². The highest BCUT2D eigenvalue weighted by Crippen LogP contribution is 2.40. The zero-order chi connectivity index (χ0) is 18.5. The van der Waals surface area contributed by atoms with Crippen LogP contribution in [-0.2, 0) is 10.3 Å². The summed E-state index contributed by atoms with van der Waals surface area (Å²) in [5, 5.41) is 0. The number of benzene rings is 1. The Hall–Kier alpha value is -0.853. The van der Waals surface area contributed by atoms with Crippen molar-refractivity contribution in [2.45, 2.75) is 77.2 Å². The van der Waals surface area contributed by atoms with Crippen molar-refractivity contribution in [2.24, 2.45) is 5.73 Å². The first-order chi connectivity index (χ1) is 11.2. The van der Waals surface area contributed by atoms with E-state index in [0.717, 1.165) is 24.2 Å². The van der Waals surface area contributed by atoms with Crippen LogP contribution in [-0.4, -0.2) is 14.4 Å². The van der Waals surface area contributed by atoms with Gasteiger partial charge in [0, 0.05) is 11.6 Å². The monoisotopic (exact) mass is 361 g/mol. The number of hydrogen-bond donors (Lipinski definition) is 1. The fourth-order valence-electron chi connectivity index (χ4n) is 3.05. The average molecular weight is 362 g/mol. The maximum absolute atomic E-state index is 15.1. The van der Waals surface area contributed by atoms with Gasteiger partial charge < -0.3 is 10.2 Å². The maximum atomic E-state index is 15.1. The van der Waals surface area contributed by atoms with E-state index >= 15 is 8.78 Å². The first-order valence-corrected chi connectivity index (χ1v) is 11.3. The predicted octanol–water partition coefficient (Wildman–Crippen LogP) is 5.74. The highest BCUT2D eigenvalue weighted by atomic mass is 28.4. The van der Waals surface area contributed by atoms with Crippen molar-refractivity contribution in [3.63, 3.8) is 0 Å². The summed E-state index contributed by atoms with van der Waals surface area (Å²) in [5.41, 5.74) is 5.18. The molecule has 0 fully saturated rings. The molecule has 0 aliphatic carbocycles. The molecule has 0 heterocycles. The fourth-order valence-corrected chi connectivity index (χ4v) is 5.97. The third-order valence-electron chi connectivity index (χ3n) is 4.98. The number of alkyl halides is 2. The summed E-state index contributed by atoms with van der Waals surface area (Å²) in [6.45, 7) is 9.20. The third kappa shape index (κ3) is 4.21. The highest BCUT2D eigenvalue weighted by Gasteiger charge is 2.44. The second kappa shape index (κ2) is 8.49. The molecule has 0 spiro atoms. The van der Waals surface area contributed by atoms with Crippen molar-refractivity contribution < 1.29 is 17.6 Å². The van der Waals surface area contributed by atoms with Crippen LogP contribution in [0, 0.1) is 5.82 Å². The zero-order valence-electron chi connectivity index (χ0n) is 15.3. The molecule has 0 aliphatic heterocycles. The number of rotatable bonds is 9. The van der Waals surface area contributed by atoms with Crippen LogP contribution in [0.4, 0.5) is 13.2 Å². The lowest BCUT2D eigenvalue weighted by atomic mass is 9.96. The minimum absolute atomic E-state index is 0.104. The predicted molar refractivity (Wildman–Crippen MR) is 95.3 cm³/mol. The van der Waals surface area contributed by atoms with Crippen LogP contribution in [0.5, 0.6) is 0 Å². The Morgan fingerprint density at radius 1 is 1.12 bits per heavy atom. The SMILES string of the molecule is CCC(O[Si-](CC)(CC)CC)C(F)(F)c1cccc([C@@H](C)N)c1F. The molecule has 2 nitrogen and oxygen atoms in total. The Kier molecular flexibility index (Phi) is 7.50. The van der Waals surface area contributed by atoms with Gasteiger partial charge in [0.2, 0.25) is 0 Å². The van der Waals surface area contributed by atoms with Crippen molar-refractivity contribution in [3.05, 3.63) is 35.1 Å². The molecule has 1 rings (SSSR count). The normalized spacial score (nSPS) is 15.4. The molecular weight excluding hydrogens is 331 g/mol. The summed E-state index contributed by atoms with van der Waals surface area (Å²) in [5.74, 6) is -4.31. The molecule has 0 amide bonds. The molecule has 0 bridgehead atoms. The van der Waals surface area contributed by atoms with E-state index in [1.807, 2.05) is 20.8 Å². The standard InChI is InChI=1S/C18H30F3NOSi/c1-6-16(23-24(7-2,8-3)9-4)18(20,21)15-12-10-11-14(13(5)22)17(15)19/h10-13,16H,6-9,22H2,1-5H3/q-1/t13-,16?/m1/s1. The Labute approximate surface area is 144 Å². The number of halogens is 3. The van der Waals surface area contributed by atoms with Crippen molar-refractivity contribution in [3.8, 4) is 0 Å². The minimum Gasteiger partial charge on any atom is -0.558 e. The highest BCUT2D eigenvalue weighted by molar-refractivity contribution is 6.73. The summed E-state index contributed by atoms with van der Waals surface area (Å²) in [6.07, 6.45) is -1.19. The Morgan fingerprint density at radius 3 is 2.08 bits per heavy atom. The van der Waals surface area contributed by atoms with Gasteiger partial charge in [-0.05, 0) is 27.7 Å². The zero-order valence-corrected chi connectivity index (χ0v) is 16.3. The van der Waals surface area contributed by atoms with Crippen molar-refractivity contribution in [1.82, 2.24) is 0 Å². The molecule has 2 atom stereocenters. The largest absolute Gasteiger partial charge is 0.558 e. The van der Waals surface area contributed by atoms with Gasteiger partial charge in [0.25, 0.3) is 5.92 Å². The van der Waals surface area contributed by atoms with Gasteiger partial charge in [-0.15, -0.1) is 18.1 Å². The Bertz CT molecular complexity index is 525. The molecular formula is C18H30F3NOSi-. The van der Waals surface area contributed by atoms with E-state index in [4.69, 9.17) is 10.2 Å². The fraction of sp³-hybridized carbons (Fsp3) is 0.667. The lowest BCUT2D eigenvalue weighted by Gasteiger charge is -2.46. The summed E-state index contributed by atoms with van der Waals surface area (Å²) in [7, 11) is -2.22. The molecule has 0 radical (unpaired) electrons. The lowest BCUT2D eigenvalue weighted by molar-refractivity contribution is -0.110. The van der Waals surface area contributed by atoms with E-state index in [1.54, 1.807) is 13.8 Å². The second-order valence-corrected chi connectivity index (χ2v) is 11.1. The number of nitrogens with two attached hydrogens (primary N) is 1. The van der Waals surface area contributed by atoms with Crippen molar-refractivity contribution in [1.29, 1.82) is 0 Å². The first kappa shape index (κ1) is 21.2. The van der Waals surface area contributed by atoms with Gasteiger partial charge in [0.05, 0.1) is 11.7 Å². The Morgan fingerprint density at radius 2 is 1.67 bits per heavy atom. The van der Waals surface area contributed by atoms with Crippen LogP contribution < -0.4 is 5.73 Å². The van der Waals surface area contributed by atoms with Gasteiger partial charge in [-0.25, -0.2) is 4.39 Å². The van der Waals surface area contributed by atoms with Crippen molar-refractivity contribution in [2.75, 3.05) is 0 Å². The molecule has 2 N–H and O–H groups in total. The first-order valence-electron chi connectivity index (χ1n) is 8.79. The molecule has 1 aromatic rings. The topological polar surface area (TPSA) is 35.2 Å². The summed E-state index contributed by atoms with van der Waals surface area (Å²) < 4.78 is 50.8. The van der Waals surface area contributed by atoms with Gasteiger partial charge >= 0.3 is 0 Å². The lowest BCUT2D eigenvalue weighted by Crippen LogP contribution is -2.46. The second-order valence-electron chi connectivity index (χ2n) is 6.38. The van der Waals surface area contributed by atoms with Gasteiger partial charge in [0.1, 0.15) is 5.82 Å². The number of hydrogen-bond acceptors (Lipinski definition) is 2. The van der Waals surface area contributed by atoms with Crippen LogP contribution in [0.15, 0.2) is 18.2 Å². The van der Waals surface area contributed by atoms with E-state index < -0.39 is 37.8 Å². The van der Waals surface area contributed by atoms with Crippen LogP contribution >= 0.6 is 0 Å². The molecule has 1 aromatic carbocycles. The van der Waals surface area contributed by atoms with E-state index in [9.17, 15) is 4.39 Å². The summed E-state index contributed by atoms with van der Waals surface area (Å²) >= 11 is 0. The van der Waals surface area contributed by atoms with Gasteiger partial charge in [-0.3, -0.25) is 0 Å². The van der Waals surface area contributed by atoms with Gasteiger partial charge in [-0.1, -0.05) is 39.8 Å². The van der Waals surface area contributed by atoms with Gasteiger partial charge in [-0.2, -0.15) is 8.78 Å². The third-order valence-corrected chi connectivity index (χ3v) is 9.63. The van der Waals surface area contributed by atoms with Crippen LogP contribution in [0.2, 0.25) is 18.1 Å². The van der Waals surface area contributed by atoms with Crippen LogP contribution in [0.1, 0.15) is 58.2 Å². The van der Waals surface area contributed by atoms with E-state index in [0.29, 0.717) is 0 Å². The molecule has 0 saturated heterocycles. The molecule has 6 heteroatoms. The van der Waals surface area contributed by atoms with Crippen molar-refractivity contribution >= 4 is 8.32 Å². The molecule has 24 heavy (non-hydrogen) atoms. The molecule has 0 saturated carbocycles. The molecule has 1 unspecified atom stereocenters. The van der Waals surface area contributed by atoms with Crippen LogP contribution in [0.25, 0.3) is 0 Å². The molecule has 139 valence electrons. The summed E-state index contributed by atoms with van der Waals surface area (Å²) in [6, 6.07) is 5.70. The molecule has 0 aromatic heterocycles. The maximum Gasteiger partial charge on any atom is 0.297 e. The quantitative estimate of drug-likeness (QED) is 0.569. The van der Waals surface area contributed by atoms with E-state index in [-0.39, 0.29) is 12.0 Å². The average Bonchev–Trinajstić information content (AvgIpc) is 2.56. The van der Waals surface area contributed by atoms with Gasteiger partial charge in [0.15, 0.2) is 0 Å². The molecule has 0 aliphatic rings. The minimum atomic E-state index is -3.39. The van der Waals surface area contributed by atoms with E-state index in [2.05, 4.69) is 0 Å². The van der Waals surface area contributed by atoms with Crippen LogP contribution in [0.3, 0.4) is 0 Å². The summed E-state index contributed by atoms with van der Waals surface area (Å²) in [4.78, 5) is 0.